The van der Waals surface area contributed by atoms with Crippen LogP contribution >= 0.6 is 0 Å². The van der Waals surface area contributed by atoms with Gasteiger partial charge in [0.2, 0.25) is 12.3 Å². The number of rotatable bonds is 3. The molecule has 0 aliphatic rings. The summed E-state index contributed by atoms with van der Waals surface area (Å²) in [5.74, 6) is -0.163. The van der Waals surface area contributed by atoms with Crippen molar-refractivity contribution in [2.24, 2.45) is 0 Å². The van der Waals surface area contributed by atoms with Crippen molar-refractivity contribution in [3.8, 4) is 11.5 Å². The molecule has 1 aromatic carbocycles. The maximum absolute atomic E-state index is 12.8. The minimum atomic E-state index is -0.592. The van der Waals surface area contributed by atoms with Gasteiger partial charge in [0.25, 0.3) is 0 Å². The van der Waals surface area contributed by atoms with Gasteiger partial charge < -0.3 is 9.52 Å². The lowest BCUT2D eigenvalue weighted by atomic mass is 10.1. The zero-order chi connectivity index (χ0) is 11.4. The Morgan fingerprint density at radius 1 is 1.38 bits per heavy atom. The number of nitrogens with zero attached hydrogens (tertiary/aromatic N) is 2. The van der Waals surface area contributed by atoms with Crippen LogP contribution in [0.1, 0.15) is 5.56 Å². The summed E-state index contributed by atoms with van der Waals surface area (Å²) in [4.78, 5) is 0. The summed E-state index contributed by atoms with van der Waals surface area (Å²) < 4.78 is 17.8. The van der Waals surface area contributed by atoms with Gasteiger partial charge in [-0.2, -0.15) is 0 Å². The van der Waals surface area contributed by atoms with Gasteiger partial charge in [-0.25, -0.2) is 4.39 Å². The van der Waals surface area contributed by atoms with Gasteiger partial charge in [0.15, 0.2) is 0 Å². The predicted molar refractivity (Wildman–Crippen MR) is 55.9 cm³/mol. The van der Waals surface area contributed by atoms with Crippen molar-refractivity contribution in [1.29, 1.82) is 0 Å². The highest BCUT2D eigenvalue weighted by molar-refractivity contribution is 5.59. The standard InChI is InChI=1S/C11H9FN2O2/c12-10(6-15)5-8-1-3-9(4-2-8)11-14-13-7-16-11/h1-5,7,15H,6H2. The van der Waals surface area contributed by atoms with Gasteiger partial charge in [0.05, 0.1) is 6.61 Å². The first kappa shape index (κ1) is 10.5. The summed E-state index contributed by atoms with van der Waals surface area (Å²) >= 11 is 0. The SMILES string of the molecule is OCC(F)=Cc1ccc(-c2nnco2)cc1. The van der Waals surface area contributed by atoms with E-state index in [0.29, 0.717) is 11.5 Å². The molecule has 0 amide bonds. The van der Waals surface area contributed by atoms with Crippen LogP contribution in [0.4, 0.5) is 4.39 Å². The number of hydrogen-bond acceptors (Lipinski definition) is 4. The summed E-state index contributed by atoms with van der Waals surface area (Å²) in [6.45, 7) is -0.592. The van der Waals surface area contributed by atoms with Gasteiger partial charge in [-0.05, 0) is 23.8 Å². The predicted octanol–water partition coefficient (Wildman–Crippen LogP) is 2.04. The molecule has 0 saturated carbocycles. The van der Waals surface area contributed by atoms with Gasteiger partial charge in [-0.3, -0.25) is 0 Å². The number of halogens is 1. The molecule has 1 aromatic heterocycles. The molecule has 0 radical (unpaired) electrons. The molecule has 0 unspecified atom stereocenters. The van der Waals surface area contributed by atoms with E-state index in [0.717, 1.165) is 5.56 Å². The molecule has 0 bridgehead atoms. The fraction of sp³-hybridized carbons (Fsp3) is 0.0909. The third-order valence-corrected chi connectivity index (χ3v) is 1.99. The van der Waals surface area contributed by atoms with Crippen LogP contribution in [-0.4, -0.2) is 21.9 Å². The van der Waals surface area contributed by atoms with Crippen molar-refractivity contribution in [2.75, 3.05) is 6.61 Å². The molecule has 0 aliphatic heterocycles. The molecule has 2 aromatic rings. The van der Waals surface area contributed by atoms with Crippen molar-refractivity contribution in [2.45, 2.75) is 0 Å². The monoisotopic (exact) mass is 220 g/mol. The summed E-state index contributed by atoms with van der Waals surface area (Å²) in [7, 11) is 0. The Labute approximate surface area is 91.1 Å². The van der Waals surface area contributed by atoms with E-state index in [4.69, 9.17) is 9.52 Å². The first-order valence-electron chi connectivity index (χ1n) is 4.63. The molecule has 1 heterocycles. The lowest BCUT2D eigenvalue weighted by Crippen LogP contribution is -1.83. The van der Waals surface area contributed by atoms with Crippen molar-refractivity contribution < 1.29 is 13.9 Å². The van der Waals surface area contributed by atoms with Gasteiger partial charge in [-0.15, -0.1) is 10.2 Å². The van der Waals surface area contributed by atoms with Crippen LogP contribution in [0.2, 0.25) is 0 Å². The van der Waals surface area contributed by atoms with Crippen LogP contribution in [0.25, 0.3) is 17.5 Å². The molecule has 5 heteroatoms. The van der Waals surface area contributed by atoms with Crippen molar-refractivity contribution in [3.05, 3.63) is 42.0 Å². The fourth-order valence-corrected chi connectivity index (χ4v) is 1.25. The lowest BCUT2D eigenvalue weighted by Gasteiger charge is -1.97. The molecule has 2 rings (SSSR count). The quantitative estimate of drug-likeness (QED) is 0.859. The zero-order valence-electron chi connectivity index (χ0n) is 8.30. The van der Waals surface area contributed by atoms with Crippen molar-refractivity contribution in [1.82, 2.24) is 10.2 Å². The maximum Gasteiger partial charge on any atom is 0.247 e. The molecule has 0 spiro atoms. The molecule has 0 atom stereocenters. The average molecular weight is 220 g/mol. The maximum atomic E-state index is 12.8. The topological polar surface area (TPSA) is 59.2 Å². The van der Waals surface area contributed by atoms with Gasteiger partial charge in [-0.1, -0.05) is 12.1 Å². The molecule has 1 N–H and O–H groups in total. The Bertz CT molecular complexity index is 477. The van der Waals surface area contributed by atoms with Crippen LogP contribution in [-0.2, 0) is 0 Å². The fourth-order valence-electron chi connectivity index (χ4n) is 1.25. The van der Waals surface area contributed by atoms with E-state index in [9.17, 15) is 4.39 Å². The highest BCUT2D eigenvalue weighted by atomic mass is 19.1. The first-order valence-corrected chi connectivity index (χ1v) is 4.63. The summed E-state index contributed by atoms with van der Waals surface area (Å²) in [6.07, 6.45) is 2.51. The van der Waals surface area contributed by atoms with Crippen LogP contribution < -0.4 is 0 Å². The zero-order valence-corrected chi connectivity index (χ0v) is 8.30. The van der Waals surface area contributed by atoms with E-state index in [1.165, 1.54) is 12.5 Å². The Kier molecular flexibility index (Phi) is 3.07. The molecule has 4 nitrogen and oxygen atoms in total. The first-order chi connectivity index (χ1) is 7.79. The van der Waals surface area contributed by atoms with Crippen LogP contribution in [0.3, 0.4) is 0 Å². The van der Waals surface area contributed by atoms with E-state index >= 15 is 0 Å². The highest BCUT2D eigenvalue weighted by Crippen LogP contribution is 2.17. The molecule has 16 heavy (non-hydrogen) atoms. The van der Waals surface area contributed by atoms with E-state index < -0.39 is 12.4 Å². The van der Waals surface area contributed by atoms with E-state index in [1.54, 1.807) is 24.3 Å². The average Bonchev–Trinajstić information content (AvgIpc) is 2.83. The Morgan fingerprint density at radius 2 is 2.12 bits per heavy atom. The molecule has 0 fully saturated rings. The Morgan fingerprint density at radius 3 is 2.69 bits per heavy atom. The van der Waals surface area contributed by atoms with Gasteiger partial charge in [0.1, 0.15) is 5.83 Å². The second-order valence-electron chi connectivity index (χ2n) is 3.12. The minimum absolute atomic E-state index is 0.415. The number of benzene rings is 1. The van der Waals surface area contributed by atoms with Crippen LogP contribution in [0.15, 0.2) is 40.9 Å². The number of aromatic nitrogens is 2. The summed E-state index contributed by atoms with van der Waals surface area (Å²) in [5.41, 5.74) is 1.42. The third kappa shape index (κ3) is 2.32. The van der Waals surface area contributed by atoms with Gasteiger partial charge >= 0.3 is 0 Å². The van der Waals surface area contributed by atoms with Crippen LogP contribution in [0.5, 0.6) is 0 Å². The van der Waals surface area contributed by atoms with Gasteiger partial charge in [0, 0.05) is 5.56 Å². The molecule has 0 aliphatic carbocycles. The largest absolute Gasteiger partial charge is 0.423 e. The van der Waals surface area contributed by atoms with E-state index in [2.05, 4.69) is 10.2 Å². The molecular weight excluding hydrogens is 211 g/mol. The van der Waals surface area contributed by atoms with Crippen LogP contribution in [0, 0.1) is 0 Å². The highest BCUT2D eigenvalue weighted by Gasteiger charge is 2.02. The second-order valence-corrected chi connectivity index (χ2v) is 3.12. The minimum Gasteiger partial charge on any atom is -0.423 e. The van der Waals surface area contributed by atoms with Crippen molar-refractivity contribution in [3.63, 3.8) is 0 Å². The van der Waals surface area contributed by atoms with Crippen molar-refractivity contribution >= 4 is 6.08 Å². The smallest absolute Gasteiger partial charge is 0.247 e. The molecule has 82 valence electrons. The summed E-state index contributed by atoms with van der Waals surface area (Å²) in [5, 5.41) is 15.8. The number of aliphatic hydroxyl groups excluding tert-OH is 1. The second kappa shape index (κ2) is 4.67. The van der Waals surface area contributed by atoms with E-state index in [1.807, 2.05) is 0 Å². The normalized spacial score (nSPS) is 11.8. The molecule has 0 saturated heterocycles. The number of hydrogen-bond donors (Lipinski definition) is 1. The molecular formula is C11H9FN2O2. The number of aliphatic hydroxyl groups is 1. The third-order valence-electron chi connectivity index (χ3n) is 1.99. The van der Waals surface area contributed by atoms with E-state index in [-0.39, 0.29) is 0 Å². The Hall–Kier alpha value is -2.01. The Balaban J connectivity index is 2.23. The summed E-state index contributed by atoms with van der Waals surface area (Å²) in [6, 6.07) is 6.89. The lowest BCUT2D eigenvalue weighted by molar-refractivity contribution is 0.300.